The Labute approximate surface area is 121 Å². The number of esters is 1. The molecular weight excluding hydrogens is 254 g/mol. The molecule has 1 aromatic carbocycles. The summed E-state index contributed by atoms with van der Waals surface area (Å²) in [5.74, 6) is 0.643. The van der Waals surface area contributed by atoms with Crippen molar-refractivity contribution >= 4 is 5.97 Å². The van der Waals surface area contributed by atoms with Crippen molar-refractivity contribution < 1.29 is 14.3 Å². The van der Waals surface area contributed by atoms with E-state index in [9.17, 15) is 4.79 Å². The number of ether oxygens (including phenoxy) is 2. The van der Waals surface area contributed by atoms with Crippen LogP contribution in [0.2, 0.25) is 0 Å². The molecule has 0 radical (unpaired) electrons. The van der Waals surface area contributed by atoms with E-state index >= 15 is 0 Å². The topological polar surface area (TPSA) is 38.8 Å². The molecule has 1 unspecified atom stereocenters. The molecule has 0 N–H and O–H groups in total. The lowest BCUT2D eigenvalue weighted by atomic mass is 10.0. The Morgan fingerprint density at radius 3 is 2.40 bits per heavy atom. The second kappa shape index (κ2) is 8.59. The Hall–Kier alpha value is -1.55. The molecule has 0 aromatic heterocycles. The second-order valence-corrected chi connectivity index (χ2v) is 4.49. The minimum absolute atomic E-state index is 0.0137. The number of carbonyl (C=O) groups excluding carboxylic acids is 1. The highest BCUT2D eigenvalue weighted by Crippen LogP contribution is 2.31. The molecule has 112 valence electrons. The zero-order valence-corrected chi connectivity index (χ0v) is 12.9. The molecule has 20 heavy (non-hydrogen) atoms. The third-order valence-electron chi connectivity index (χ3n) is 3.42. The third kappa shape index (κ3) is 4.23. The van der Waals surface area contributed by atoms with Crippen molar-refractivity contribution in [2.24, 2.45) is 0 Å². The number of nitrogens with zero attached hydrogens (tertiary/aromatic N) is 1. The lowest BCUT2D eigenvalue weighted by Gasteiger charge is -2.30. The smallest absolute Gasteiger partial charge is 0.307 e. The molecule has 0 amide bonds. The predicted molar refractivity (Wildman–Crippen MR) is 79.9 cm³/mol. The Bertz CT molecular complexity index is 416. The Balaban J connectivity index is 3.05. The van der Waals surface area contributed by atoms with Crippen LogP contribution in [0.3, 0.4) is 0 Å². The maximum Gasteiger partial charge on any atom is 0.307 e. The van der Waals surface area contributed by atoms with Crippen molar-refractivity contribution in [3.8, 4) is 5.75 Å². The molecule has 4 heteroatoms. The zero-order chi connectivity index (χ0) is 15.0. The van der Waals surface area contributed by atoms with Gasteiger partial charge in [0.15, 0.2) is 0 Å². The van der Waals surface area contributed by atoms with Crippen LogP contribution in [-0.2, 0) is 9.53 Å². The summed E-state index contributed by atoms with van der Waals surface area (Å²) >= 11 is 0. The number of methoxy groups -OCH3 is 1. The molecule has 0 aliphatic heterocycles. The molecule has 0 spiro atoms. The lowest BCUT2D eigenvalue weighted by Crippen LogP contribution is -2.31. The van der Waals surface area contributed by atoms with Gasteiger partial charge in [-0.05, 0) is 26.1 Å². The number of hydrogen-bond acceptors (Lipinski definition) is 4. The van der Waals surface area contributed by atoms with E-state index in [1.54, 1.807) is 7.11 Å². The highest BCUT2D eigenvalue weighted by Gasteiger charge is 2.24. The highest BCUT2D eigenvalue weighted by atomic mass is 16.5. The first-order chi connectivity index (χ1) is 9.67. The van der Waals surface area contributed by atoms with Crippen molar-refractivity contribution in [1.29, 1.82) is 0 Å². The third-order valence-corrected chi connectivity index (χ3v) is 3.42. The lowest BCUT2D eigenvalue weighted by molar-refractivity contribution is -0.144. The van der Waals surface area contributed by atoms with E-state index in [1.165, 1.54) is 0 Å². The van der Waals surface area contributed by atoms with E-state index in [0.29, 0.717) is 13.0 Å². The summed E-state index contributed by atoms with van der Waals surface area (Å²) in [6.45, 7) is 8.18. The van der Waals surface area contributed by atoms with E-state index in [4.69, 9.17) is 9.47 Å². The first-order valence-corrected chi connectivity index (χ1v) is 7.20. The van der Waals surface area contributed by atoms with Crippen LogP contribution in [0.15, 0.2) is 24.3 Å². The molecule has 1 rings (SSSR count). The Kier molecular flexibility index (Phi) is 7.09. The molecule has 0 heterocycles. The van der Waals surface area contributed by atoms with Crippen LogP contribution < -0.4 is 4.74 Å². The van der Waals surface area contributed by atoms with Gasteiger partial charge >= 0.3 is 5.97 Å². The fourth-order valence-corrected chi connectivity index (χ4v) is 2.42. The maximum absolute atomic E-state index is 11.9. The van der Waals surface area contributed by atoms with Gasteiger partial charge in [0.1, 0.15) is 5.75 Å². The standard InChI is InChI=1S/C16H25NO3/c1-5-17(6-2)14(12-16(18)20-7-3)13-10-8-9-11-15(13)19-4/h8-11,14H,5-7,12H2,1-4H3. The van der Waals surface area contributed by atoms with Gasteiger partial charge in [0.25, 0.3) is 0 Å². The summed E-state index contributed by atoms with van der Waals surface area (Å²) in [7, 11) is 1.66. The van der Waals surface area contributed by atoms with Gasteiger partial charge in [0.2, 0.25) is 0 Å². The normalized spacial score (nSPS) is 12.2. The molecule has 0 aliphatic carbocycles. The number of carbonyl (C=O) groups is 1. The van der Waals surface area contributed by atoms with Crippen molar-refractivity contribution in [2.75, 3.05) is 26.8 Å². The largest absolute Gasteiger partial charge is 0.496 e. The molecule has 0 aliphatic rings. The van der Waals surface area contributed by atoms with Crippen molar-refractivity contribution in [3.63, 3.8) is 0 Å². The highest BCUT2D eigenvalue weighted by molar-refractivity contribution is 5.70. The van der Waals surface area contributed by atoms with Crippen LogP contribution in [0.25, 0.3) is 0 Å². The molecule has 0 saturated carbocycles. The molecule has 0 bridgehead atoms. The Morgan fingerprint density at radius 1 is 1.20 bits per heavy atom. The molecule has 1 atom stereocenters. The number of para-hydroxylation sites is 1. The van der Waals surface area contributed by atoms with Crippen LogP contribution in [0.5, 0.6) is 5.75 Å². The fraction of sp³-hybridized carbons (Fsp3) is 0.562. The van der Waals surface area contributed by atoms with Crippen LogP contribution in [0.4, 0.5) is 0 Å². The monoisotopic (exact) mass is 279 g/mol. The summed E-state index contributed by atoms with van der Waals surface area (Å²) < 4.78 is 10.5. The van der Waals surface area contributed by atoms with Crippen molar-refractivity contribution in [2.45, 2.75) is 33.2 Å². The number of hydrogen-bond donors (Lipinski definition) is 0. The minimum atomic E-state index is -0.171. The fourth-order valence-electron chi connectivity index (χ4n) is 2.42. The molecular formula is C16H25NO3. The van der Waals surface area contributed by atoms with Gasteiger partial charge in [-0.3, -0.25) is 9.69 Å². The van der Waals surface area contributed by atoms with E-state index < -0.39 is 0 Å². The number of rotatable bonds is 8. The van der Waals surface area contributed by atoms with E-state index in [-0.39, 0.29) is 12.0 Å². The maximum atomic E-state index is 11.9. The van der Waals surface area contributed by atoms with Gasteiger partial charge < -0.3 is 9.47 Å². The summed E-state index contributed by atoms with van der Waals surface area (Å²) in [6, 6.07) is 7.84. The average Bonchev–Trinajstić information content (AvgIpc) is 2.47. The average molecular weight is 279 g/mol. The van der Waals surface area contributed by atoms with Gasteiger partial charge in [-0.2, -0.15) is 0 Å². The van der Waals surface area contributed by atoms with Crippen molar-refractivity contribution in [3.05, 3.63) is 29.8 Å². The van der Waals surface area contributed by atoms with Crippen LogP contribution in [0, 0.1) is 0 Å². The SMILES string of the molecule is CCOC(=O)CC(c1ccccc1OC)N(CC)CC. The molecule has 0 fully saturated rings. The summed E-state index contributed by atoms with van der Waals surface area (Å²) in [5.41, 5.74) is 1.03. The number of benzene rings is 1. The van der Waals surface area contributed by atoms with Crippen LogP contribution in [-0.4, -0.2) is 37.7 Å². The van der Waals surface area contributed by atoms with Crippen molar-refractivity contribution in [1.82, 2.24) is 4.90 Å². The summed E-state index contributed by atoms with van der Waals surface area (Å²) in [4.78, 5) is 14.1. The quantitative estimate of drug-likeness (QED) is 0.686. The van der Waals surface area contributed by atoms with Gasteiger partial charge in [0.05, 0.1) is 20.1 Å². The van der Waals surface area contributed by atoms with Gasteiger partial charge in [-0.1, -0.05) is 32.0 Å². The van der Waals surface area contributed by atoms with E-state index in [1.807, 2.05) is 31.2 Å². The van der Waals surface area contributed by atoms with Gasteiger partial charge in [-0.15, -0.1) is 0 Å². The molecule has 1 aromatic rings. The van der Waals surface area contributed by atoms with Crippen LogP contribution >= 0.6 is 0 Å². The molecule has 0 saturated heterocycles. The molecule has 4 nitrogen and oxygen atoms in total. The second-order valence-electron chi connectivity index (χ2n) is 4.49. The Morgan fingerprint density at radius 2 is 1.85 bits per heavy atom. The summed E-state index contributed by atoms with van der Waals surface area (Å²) in [5, 5.41) is 0. The first-order valence-electron chi connectivity index (χ1n) is 7.20. The summed E-state index contributed by atoms with van der Waals surface area (Å²) in [6.07, 6.45) is 0.343. The first kappa shape index (κ1) is 16.5. The van der Waals surface area contributed by atoms with E-state index in [2.05, 4.69) is 18.7 Å². The van der Waals surface area contributed by atoms with Gasteiger partial charge in [0, 0.05) is 11.6 Å². The predicted octanol–water partition coefficient (Wildman–Crippen LogP) is 3.03. The van der Waals surface area contributed by atoms with Crippen LogP contribution in [0.1, 0.15) is 38.8 Å². The van der Waals surface area contributed by atoms with E-state index in [0.717, 1.165) is 24.4 Å². The zero-order valence-electron chi connectivity index (χ0n) is 12.9. The van der Waals surface area contributed by atoms with Gasteiger partial charge in [-0.25, -0.2) is 0 Å². The minimum Gasteiger partial charge on any atom is -0.496 e.